The van der Waals surface area contributed by atoms with Crippen LogP contribution >= 0.6 is 0 Å². The number of hydrogen-bond acceptors (Lipinski definition) is 4. The molecule has 1 amide bonds. The molecule has 4 rings (SSSR count). The Morgan fingerprint density at radius 2 is 2.33 bits per heavy atom. The van der Waals surface area contributed by atoms with Crippen molar-refractivity contribution in [3.05, 3.63) is 35.6 Å². The van der Waals surface area contributed by atoms with Crippen LogP contribution in [0.1, 0.15) is 30.4 Å². The summed E-state index contributed by atoms with van der Waals surface area (Å²) in [6.07, 6.45) is 3.89. The van der Waals surface area contributed by atoms with Crippen molar-refractivity contribution in [2.24, 2.45) is 0 Å². The van der Waals surface area contributed by atoms with Crippen molar-refractivity contribution < 1.29 is 19.1 Å². The minimum atomic E-state index is -0.552. The number of carbonyl (C=O) groups is 1. The lowest BCUT2D eigenvalue weighted by molar-refractivity contribution is -0.154. The number of aliphatic hydroxyl groups excluding tert-OH is 1. The normalized spacial score (nSPS) is 27.2. The molecule has 24 heavy (non-hydrogen) atoms. The van der Waals surface area contributed by atoms with Crippen molar-refractivity contribution in [2.45, 2.75) is 44.3 Å². The van der Waals surface area contributed by atoms with E-state index in [0.29, 0.717) is 32.5 Å². The molecule has 1 aromatic carbocycles. The Bertz CT molecular complexity index is 760. The third kappa shape index (κ3) is 2.62. The molecule has 2 atom stereocenters. The lowest BCUT2D eigenvalue weighted by Crippen LogP contribution is -2.58. The zero-order chi connectivity index (χ0) is 16.7. The van der Waals surface area contributed by atoms with Crippen LogP contribution in [0.4, 0.5) is 0 Å². The lowest BCUT2D eigenvalue weighted by Gasteiger charge is -2.43. The summed E-state index contributed by atoms with van der Waals surface area (Å²) in [5.74, 6) is 0.0695. The first kappa shape index (κ1) is 15.7. The molecular weight excluding hydrogens is 306 g/mol. The SMILES string of the molecule is Cc1ccc2c(CC(=O)N3CC[C@H](O)[C@]4(CCCO4)C3)coc2c1. The topological polar surface area (TPSA) is 62.9 Å². The second-order valence-electron chi connectivity index (χ2n) is 7.07. The Morgan fingerprint density at radius 1 is 1.46 bits per heavy atom. The molecule has 2 saturated heterocycles. The summed E-state index contributed by atoms with van der Waals surface area (Å²) in [4.78, 5) is 14.6. The van der Waals surface area contributed by atoms with Gasteiger partial charge < -0.3 is 19.2 Å². The number of fused-ring (bicyclic) bond motifs is 1. The lowest BCUT2D eigenvalue weighted by atomic mass is 9.87. The van der Waals surface area contributed by atoms with Gasteiger partial charge in [-0.15, -0.1) is 0 Å². The molecule has 0 aliphatic carbocycles. The molecule has 1 N–H and O–H groups in total. The smallest absolute Gasteiger partial charge is 0.227 e. The predicted octanol–water partition coefficient (Wildman–Crippen LogP) is 2.43. The molecular formula is C19H23NO4. The molecule has 0 radical (unpaired) electrons. The quantitative estimate of drug-likeness (QED) is 0.919. The number of carbonyl (C=O) groups excluding carboxylic acids is 1. The highest BCUT2D eigenvalue weighted by Crippen LogP contribution is 2.35. The third-order valence-corrected chi connectivity index (χ3v) is 5.38. The van der Waals surface area contributed by atoms with Gasteiger partial charge >= 0.3 is 0 Å². The summed E-state index contributed by atoms with van der Waals surface area (Å²) in [5.41, 5.74) is 2.33. The van der Waals surface area contributed by atoms with Gasteiger partial charge in [0.15, 0.2) is 0 Å². The fourth-order valence-electron chi connectivity index (χ4n) is 3.97. The zero-order valence-electron chi connectivity index (χ0n) is 14.0. The van der Waals surface area contributed by atoms with E-state index in [1.807, 2.05) is 30.0 Å². The molecule has 5 heteroatoms. The van der Waals surface area contributed by atoms with E-state index < -0.39 is 11.7 Å². The standard InChI is InChI=1S/C19H23NO4/c1-13-3-4-15-14(11-23-16(15)9-13)10-18(22)20-7-5-17(21)19(12-20)6-2-8-24-19/h3-4,9,11,17,21H,2,5-8,10,12H2,1H3/t17-,19-/m0/s1. The first-order valence-corrected chi connectivity index (χ1v) is 8.64. The number of hydrogen-bond donors (Lipinski definition) is 1. The summed E-state index contributed by atoms with van der Waals surface area (Å²) in [6.45, 7) is 3.76. The number of aliphatic hydroxyl groups is 1. The number of nitrogens with zero attached hydrogens (tertiary/aromatic N) is 1. The highest BCUT2D eigenvalue weighted by atomic mass is 16.5. The van der Waals surface area contributed by atoms with E-state index >= 15 is 0 Å². The second-order valence-corrected chi connectivity index (χ2v) is 7.07. The van der Waals surface area contributed by atoms with E-state index in [-0.39, 0.29) is 5.91 Å². The van der Waals surface area contributed by atoms with E-state index in [1.165, 1.54) is 0 Å². The summed E-state index contributed by atoms with van der Waals surface area (Å²) < 4.78 is 11.4. The number of ether oxygens (including phenoxy) is 1. The van der Waals surface area contributed by atoms with Crippen LogP contribution in [0.15, 0.2) is 28.9 Å². The maximum absolute atomic E-state index is 12.8. The number of amides is 1. The maximum Gasteiger partial charge on any atom is 0.227 e. The Balaban J connectivity index is 1.51. The van der Waals surface area contributed by atoms with Gasteiger partial charge in [-0.2, -0.15) is 0 Å². The van der Waals surface area contributed by atoms with Gasteiger partial charge in [-0.05, 0) is 37.8 Å². The van der Waals surface area contributed by atoms with Gasteiger partial charge in [-0.25, -0.2) is 0 Å². The number of benzene rings is 1. The minimum Gasteiger partial charge on any atom is -0.464 e. The van der Waals surface area contributed by atoms with Crippen LogP contribution in [-0.4, -0.2) is 47.3 Å². The average molecular weight is 329 g/mol. The van der Waals surface area contributed by atoms with Crippen molar-refractivity contribution in [1.29, 1.82) is 0 Å². The van der Waals surface area contributed by atoms with Crippen LogP contribution < -0.4 is 0 Å². The van der Waals surface area contributed by atoms with Crippen LogP contribution in [0, 0.1) is 6.92 Å². The maximum atomic E-state index is 12.8. The fraction of sp³-hybridized carbons (Fsp3) is 0.526. The Morgan fingerprint density at radius 3 is 3.12 bits per heavy atom. The number of furan rings is 1. The van der Waals surface area contributed by atoms with Gasteiger partial charge in [-0.1, -0.05) is 12.1 Å². The molecule has 1 aromatic heterocycles. The molecule has 0 saturated carbocycles. The predicted molar refractivity (Wildman–Crippen MR) is 89.8 cm³/mol. The first-order valence-electron chi connectivity index (χ1n) is 8.64. The van der Waals surface area contributed by atoms with Crippen LogP contribution in [0.25, 0.3) is 11.0 Å². The summed E-state index contributed by atoms with van der Waals surface area (Å²) >= 11 is 0. The number of rotatable bonds is 2. The third-order valence-electron chi connectivity index (χ3n) is 5.38. The average Bonchev–Trinajstić information content (AvgIpc) is 3.18. The van der Waals surface area contributed by atoms with Crippen LogP contribution in [0.3, 0.4) is 0 Å². The molecule has 2 aromatic rings. The summed E-state index contributed by atoms with van der Waals surface area (Å²) in [6, 6.07) is 6.03. The van der Waals surface area contributed by atoms with Gasteiger partial charge in [0.2, 0.25) is 5.91 Å². The van der Waals surface area contributed by atoms with Gasteiger partial charge in [0.1, 0.15) is 11.2 Å². The summed E-state index contributed by atoms with van der Waals surface area (Å²) in [7, 11) is 0. The van der Waals surface area contributed by atoms with Crippen LogP contribution in [0.2, 0.25) is 0 Å². The molecule has 2 aliphatic heterocycles. The molecule has 0 unspecified atom stereocenters. The molecule has 128 valence electrons. The largest absolute Gasteiger partial charge is 0.464 e. The molecule has 0 bridgehead atoms. The van der Waals surface area contributed by atoms with Gasteiger partial charge in [0.25, 0.3) is 0 Å². The molecule has 5 nitrogen and oxygen atoms in total. The van der Waals surface area contributed by atoms with Crippen molar-refractivity contribution >= 4 is 16.9 Å². The minimum absolute atomic E-state index is 0.0695. The van der Waals surface area contributed by atoms with E-state index in [0.717, 1.165) is 34.9 Å². The van der Waals surface area contributed by atoms with E-state index in [1.54, 1.807) is 6.26 Å². The van der Waals surface area contributed by atoms with Gasteiger partial charge in [-0.3, -0.25) is 4.79 Å². The zero-order valence-corrected chi connectivity index (χ0v) is 14.0. The van der Waals surface area contributed by atoms with Crippen molar-refractivity contribution in [1.82, 2.24) is 4.90 Å². The Kier molecular flexibility index (Phi) is 3.85. The van der Waals surface area contributed by atoms with Gasteiger partial charge in [0, 0.05) is 24.1 Å². The number of piperidine rings is 1. The first-order chi connectivity index (χ1) is 11.6. The van der Waals surface area contributed by atoms with Crippen LogP contribution in [-0.2, 0) is 16.0 Å². The highest BCUT2D eigenvalue weighted by Gasteiger charge is 2.47. The second kappa shape index (κ2) is 5.90. The molecule has 2 aliphatic rings. The molecule has 3 heterocycles. The van der Waals surface area contributed by atoms with Crippen LogP contribution in [0.5, 0.6) is 0 Å². The summed E-state index contributed by atoms with van der Waals surface area (Å²) in [5, 5.41) is 11.3. The number of aryl methyl sites for hydroxylation is 1. The van der Waals surface area contributed by atoms with Crippen molar-refractivity contribution in [3.8, 4) is 0 Å². The van der Waals surface area contributed by atoms with E-state index in [9.17, 15) is 9.90 Å². The van der Waals surface area contributed by atoms with Crippen molar-refractivity contribution in [3.63, 3.8) is 0 Å². The van der Waals surface area contributed by atoms with Gasteiger partial charge in [0.05, 0.1) is 25.3 Å². The fourth-order valence-corrected chi connectivity index (χ4v) is 3.97. The van der Waals surface area contributed by atoms with E-state index in [2.05, 4.69) is 0 Å². The Labute approximate surface area is 141 Å². The monoisotopic (exact) mass is 329 g/mol. The highest BCUT2D eigenvalue weighted by molar-refractivity contribution is 5.88. The van der Waals surface area contributed by atoms with E-state index in [4.69, 9.17) is 9.15 Å². The Hall–Kier alpha value is -1.85. The van der Waals surface area contributed by atoms with Crippen molar-refractivity contribution in [2.75, 3.05) is 19.7 Å². The number of likely N-dealkylation sites (tertiary alicyclic amines) is 1. The molecule has 1 spiro atoms. The molecule has 2 fully saturated rings.